The maximum Gasteiger partial charge on any atom is 0.227 e. The van der Waals surface area contributed by atoms with Crippen molar-refractivity contribution in [3.05, 3.63) is 29.8 Å². The first-order chi connectivity index (χ1) is 8.63. The summed E-state index contributed by atoms with van der Waals surface area (Å²) in [5.74, 6) is -2.31. The smallest absolute Gasteiger partial charge is 0.227 e. The van der Waals surface area contributed by atoms with Crippen LogP contribution in [0.15, 0.2) is 18.2 Å². The zero-order chi connectivity index (χ0) is 13.1. The molecule has 1 aliphatic carbocycles. The second kappa shape index (κ2) is 5.44. The van der Waals surface area contributed by atoms with E-state index >= 15 is 0 Å². The summed E-state index contributed by atoms with van der Waals surface area (Å²) in [6.07, 6.45) is 2.62. The molecule has 0 bridgehead atoms. The minimum Gasteiger partial charge on any atom is -0.330 e. The van der Waals surface area contributed by atoms with E-state index in [0.717, 1.165) is 25.3 Å². The van der Waals surface area contributed by atoms with Crippen LogP contribution in [0, 0.1) is 23.5 Å². The van der Waals surface area contributed by atoms with Gasteiger partial charge in [0.05, 0.1) is 5.69 Å². The monoisotopic (exact) mass is 254 g/mol. The average Bonchev–Trinajstić information content (AvgIpc) is 2.83. The zero-order valence-electron chi connectivity index (χ0n) is 9.96. The lowest BCUT2D eigenvalue weighted by Crippen LogP contribution is -2.30. The van der Waals surface area contributed by atoms with E-state index in [1.807, 2.05) is 0 Å². The predicted molar refractivity (Wildman–Crippen MR) is 64.9 cm³/mol. The number of halogens is 2. The third-order valence-electron chi connectivity index (χ3n) is 3.51. The third-order valence-corrected chi connectivity index (χ3v) is 3.51. The Labute approximate surface area is 104 Å². The highest BCUT2D eigenvalue weighted by atomic mass is 19.2. The second-order valence-electron chi connectivity index (χ2n) is 4.62. The Morgan fingerprint density at radius 2 is 2.17 bits per heavy atom. The lowest BCUT2D eigenvalue weighted by Gasteiger charge is -2.17. The molecule has 18 heavy (non-hydrogen) atoms. The number of hydrogen-bond donors (Lipinski definition) is 2. The Morgan fingerprint density at radius 1 is 1.39 bits per heavy atom. The van der Waals surface area contributed by atoms with Gasteiger partial charge in [0.15, 0.2) is 11.6 Å². The van der Waals surface area contributed by atoms with Gasteiger partial charge >= 0.3 is 0 Å². The molecule has 0 aliphatic heterocycles. The van der Waals surface area contributed by atoms with Gasteiger partial charge < -0.3 is 11.1 Å². The number of nitrogens with one attached hydrogen (secondary N) is 1. The number of benzene rings is 1. The van der Waals surface area contributed by atoms with E-state index in [1.54, 1.807) is 0 Å². The number of carbonyl (C=O) groups excluding carboxylic acids is 1. The van der Waals surface area contributed by atoms with E-state index < -0.39 is 11.6 Å². The van der Waals surface area contributed by atoms with Gasteiger partial charge in [-0.2, -0.15) is 0 Å². The molecule has 0 aromatic heterocycles. The molecular weight excluding hydrogens is 238 g/mol. The molecule has 2 atom stereocenters. The van der Waals surface area contributed by atoms with Crippen molar-refractivity contribution in [1.82, 2.24) is 0 Å². The van der Waals surface area contributed by atoms with E-state index in [9.17, 15) is 13.6 Å². The molecule has 3 N–H and O–H groups in total. The minimum atomic E-state index is -1.02. The quantitative estimate of drug-likeness (QED) is 0.869. The lowest BCUT2D eigenvalue weighted by molar-refractivity contribution is -0.120. The van der Waals surface area contributed by atoms with Crippen molar-refractivity contribution < 1.29 is 13.6 Å². The predicted octanol–water partition coefficient (Wildman–Crippen LogP) is 2.28. The summed E-state index contributed by atoms with van der Waals surface area (Å²) >= 11 is 0. The lowest BCUT2D eigenvalue weighted by atomic mass is 9.95. The largest absolute Gasteiger partial charge is 0.330 e. The fraction of sp³-hybridized carbons (Fsp3) is 0.462. The van der Waals surface area contributed by atoms with Gasteiger partial charge in [-0.15, -0.1) is 0 Å². The second-order valence-corrected chi connectivity index (χ2v) is 4.62. The molecule has 0 unspecified atom stereocenters. The number of amides is 1. The maximum atomic E-state index is 13.4. The van der Waals surface area contributed by atoms with Gasteiger partial charge in [0.25, 0.3) is 0 Å². The average molecular weight is 254 g/mol. The Balaban J connectivity index is 2.09. The maximum absolute atomic E-state index is 13.4. The Hall–Kier alpha value is -1.49. The van der Waals surface area contributed by atoms with Gasteiger partial charge in [-0.25, -0.2) is 8.78 Å². The Kier molecular flexibility index (Phi) is 3.91. The van der Waals surface area contributed by atoms with Crippen molar-refractivity contribution in [2.45, 2.75) is 19.3 Å². The fourth-order valence-corrected chi connectivity index (χ4v) is 2.49. The summed E-state index contributed by atoms with van der Waals surface area (Å²) in [7, 11) is 0. The summed E-state index contributed by atoms with van der Waals surface area (Å²) in [5.41, 5.74) is 5.49. The summed E-state index contributed by atoms with van der Waals surface area (Å²) in [5, 5.41) is 2.45. The molecule has 1 fully saturated rings. The molecule has 1 aromatic rings. The molecule has 1 aliphatic rings. The molecule has 3 nitrogen and oxygen atoms in total. The number of hydrogen-bond acceptors (Lipinski definition) is 2. The van der Waals surface area contributed by atoms with Crippen molar-refractivity contribution in [3.63, 3.8) is 0 Å². The molecule has 1 saturated carbocycles. The number of anilines is 1. The van der Waals surface area contributed by atoms with Crippen molar-refractivity contribution in [2.24, 2.45) is 17.6 Å². The minimum absolute atomic E-state index is 0.109. The van der Waals surface area contributed by atoms with Crippen LogP contribution in [-0.4, -0.2) is 12.5 Å². The van der Waals surface area contributed by atoms with Crippen LogP contribution in [0.25, 0.3) is 0 Å². The highest BCUT2D eigenvalue weighted by molar-refractivity contribution is 5.93. The summed E-state index contributed by atoms with van der Waals surface area (Å²) in [4.78, 5) is 12.0. The molecular formula is C13H16F2N2O. The van der Waals surface area contributed by atoms with Crippen LogP contribution >= 0.6 is 0 Å². The number of carbonyl (C=O) groups is 1. The summed E-state index contributed by atoms with van der Waals surface area (Å²) in [6.45, 7) is 0.448. The van der Waals surface area contributed by atoms with Crippen LogP contribution < -0.4 is 11.1 Å². The fourth-order valence-electron chi connectivity index (χ4n) is 2.49. The van der Waals surface area contributed by atoms with Crippen LogP contribution in [-0.2, 0) is 4.79 Å². The first-order valence-electron chi connectivity index (χ1n) is 6.08. The molecule has 1 amide bonds. The Bertz CT molecular complexity index is 451. The SMILES string of the molecule is NC[C@H]1CCC[C@H]1C(=O)Nc1cccc(F)c1F. The molecule has 0 spiro atoms. The molecule has 2 rings (SSSR count). The first-order valence-corrected chi connectivity index (χ1v) is 6.08. The van der Waals surface area contributed by atoms with Gasteiger partial charge in [-0.05, 0) is 37.4 Å². The highest BCUT2D eigenvalue weighted by Crippen LogP contribution is 2.32. The van der Waals surface area contributed by atoms with Crippen molar-refractivity contribution in [3.8, 4) is 0 Å². The van der Waals surface area contributed by atoms with Crippen LogP contribution in [0.1, 0.15) is 19.3 Å². The molecule has 0 heterocycles. The van der Waals surface area contributed by atoms with E-state index in [2.05, 4.69) is 5.32 Å². The number of rotatable bonds is 3. The van der Waals surface area contributed by atoms with Gasteiger partial charge in [-0.1, -0.05) is 12.5 Å². The topological polar surface area (TPSA) is 55.1 Å². The number of nitrogens with two attached hydrogens (primary N) is 1. The van der Waals surface area contributed by atoms with E-state index in [-0.39, 0.29) is 23.4 Å². The van der Waals surface area contributed by atoms with E-state index in [4.69, 9.17) is 5.73 Å². The summed E-state index contributed by atoms with van der Waals surface area (Å²) in [6, 6.07) is 3.73. The normalized spacial score (nSPS) is 23.1. The molecule has 1 aromatic carbocycles. The van der Waals surface area contributed by atoms with Crippen LogP contribution in [0.4, 0.5) is 14.5 Å². The van der Waals surface area contributed by atoms with Crippen LogP contribution in [0.2, 0.25) is 0 Å². The first kappa shape index (κ1) is 13.0. The van der Waals surface area contributed by atoms with E-state index in [0.29, 0.717) is 6.54 Å². The summed E-state index contributed by atoms with van der Waals surface area (Å²) < 4.78 is 26.4. The van der Waals surface area contributed by atoms with Gasteiger partial charge in [0.1, 0.15) is 0 Å². The van der Waals surface area contributed by atoms with Gasteiger partial charge in [0, 0.05) is 5.92 Å². The van der Waals surface area contributed by atoms with Crippen molar-refractivity contribution >= 4 is 11.6 Å². The Morgan fingerprint density at radius 3 is 2.89 bits per heavy atom. The van der Waals surface area contributed by atoms with Crippen LogP contribution in [0.5, 0.6) is 0 Å². The molecule has 0 radical (unpaired) electrons. The van der Waals surface area contributed by atoms with Crippen molar-refractivity contribution in [2.75, 3.05) is 11.9 Å². The standard InChI is InChI=1S/C13H16F2N2O/c14-10-5-2-6-11(12(10)15)17-13(18)9-4-1-3-8(9)7-16/h2,5-6,8-9H,1,3-4,7,16H2,(H,17,18)/t8-,9-/m1/s1. The zero-order valence-corrected chi connectivity index (χ0v) is 9.96. The third kappa shape index (κ3) is 2.51. The van der Waals surface area contributed by atoms with Gasteiger partial charge in [0.2, 0.25) is 5.91 Å². The van der Waals surface area contributed by atoms with Crippen molar-refractivity contribution in [1.29, 1.82) is 0 Å². The molecule has 5 heteroatoms. The van der Waals surface area contributed by atoms with E-state index in [1.165, 1.54) is 12.1 Å². The van der Waals surface area contributed by atoms with Crippen LogP contribution in [0.3, 0.4) is 0 Å². The molecule has 98 valence electrons. The van der Waals surface area contributed by atoms with Gasteiger partial charge in [-0.3, -0.25) is 4.79 Å². The molecule has 0 saturated heterocycles. The highest BCUT2D eigenvalue weighted by Gasteiger charge is 2.32.